The van der Waals surface area contributed by atoms with E-state index in [2.05, 4.69) is 96.8 Å². The summed E-state index contributed by atoms with van der Waals surface area (Å²) in [4.78, 5) is 23.6. The van der Waals surface area contributed by atoms with Gasteiger partial charge in [0.25, 0.3) is 5.91 Å². The fraction of sp³-hybridized carbons (Fsp3) is 0.200. The quantitative estimate of drug-likeness (QED) is 0.306. The van der Waals surface area contributed by atoms with Gasteiger partial charge in [0.15, 0.2) is 4.96 Å². The van der Waals surface area contributed by atoms with Gasteiger partial charge in [0.2, 0.25) is 0 Å². The topological polar surface area (TPSA) is 40.9 Å². The Labute approximate surface area is 215 Å². The highest BCUT2D eigenvalue weighted by Gasteiger charge is 2.29. The molecule has 2 aromatic heterocycles. The van der Waals surface area contributed by atoms with E-state index in [9.17, 15) is 4.79 Å². The average molecular weight is 493 g/mol. The molecular formula is C30H28N4OS. The highest BCUT2D eigenvalue weighted by Crippen LogP contribution is 2.30. The number of carbonyl (C=O) groups excluding carboxylic acids is 1. The smallest absolute Gasteiger partial charge is 0.271 e. The molecule has 0 aliphatic carbocycles. The molecule has 5 nitrogen and oxygen atoms in total. The third kappa shape index (κ3) is 4.34. The second-order valence-electron chi connectivity index (χ2n) is 9.32. The van der Waals surface area contributed by atoms with Crippen LogP contribution in [0.5, 0.6) is 0 Å². The summed E-state index contributed by atoms with van der Waals surface area (Å²) in [7, 11) is 0. The van der Waals surface area contributed by atoms with Gasteiger partial charge in [0.1, 0.15) is 5.69 Å². The number of hydrogen-bond acceptors (Lipinski definition) is 4. The minimum Gasteiger partial charge on any atom is -0.335 e. The number of benzene rings is 3. The van der Waals surface area contributed by atoms with E-state index in [0.717, 1.165) is 29.3 Å². The minimum absolute atomic E-state index is 0.0738. The van der Waals surface area contributed by atoms with Crippen molar-refractivity contribution in [1.82, 2.24) is 19.2 Å². The SMILES string of the molecule is Cc1ccc(-c2cn3c(C(=O)N4CCN(C(c5ccccc5)c5ccccc5)CC4)csc3n2)cc1. The molecule has 0 spiro atoms. The van der Waals surface area contributed by atoms with Gasteiger partial charge in [-0.25, -0.2) is 4.98 Å². The van der Waals surface area contributed by atoms with Gasteiger partial charge in [-0.3, -0.25) is 14.1 Å². The fourth-order valence-corrected chi connectivity index (χ4v) is 5.88. The summed E-state index contributed by atoms with van der Waals surface area (Å²) < 4.78 is 1.95. The van der Waals surface area contributed by atoms with Crippen LogP contribution in [0, 0.1) is 6.92 Å². The van der Waals surface area contributed by atoms with Gasteiger partial charge in [-0.05, 0) is 18.1 Å². The highest BCUT2D eigenvalue weighted by molar-refractivity contribution is 7.15. The number of fused-ring (bicyclic) bond motifs is 1. The molecular weight excluding hydrogens is 464 g/mol. The lowest BCUT2D eigenvalue weighted by atomic mass is 9.96. The number of aromatic nitrogens is 2. The Hall–Kier alpha value is -3.74. The molecule has 1 fully saturated rings. The van der Waals surface area contributed by atoms with E-state index in [0.29, 0.717) is 18.8 Å². The van der Waals surface area contributed by atoms with Crippen molar-refractivity contribution in [1.29, 1.82) is 0 Å². The number of rotatable bonds is 5. The van der Waals surface area contributed by atoms with Crippen LogP contribution in [0.25, 0.3) is 16.2 Å². The van der Waals surface area contributed by atoms with Crippen LogP contribution in [-0.2, 0) is 0 Å². The first-order valence-corrected chi connectivity index (χ1v) is 13.2. The molecule has 5 aromatic rings. The second-order valence-corrected chi connectivity index (χ2v) is 10.2. The summed E-state index contributed by atoms with van der Waals surface area (Å²) in [6.45, 7) is 5.13. The van der Waals surface area contributed by atoms with Crippen molar-refractivity contribution in [3.63, 3.8) is 0 Å². The number of hydrogen-bond donors (Lipinski definition) is 0. The molecule has 3 aromatic carbocycles. The van der Waals surface area contributed by atoms with Crippen LogP contribution in [-0.4, -0.2) is 51.3 Å². The molecule has 1 aliphatic rings. The lowest BCUT2D eigenvalue weighted by Crippen LogP contribution is -2.50. The van der Waals surface area contributed by atoms with E-state index in [1.165, 1.54) is 28.0 Å². The van der Waals surface area contributed by atoms with Crippen molar-refractivity contribution in [2.75, 3.05) is 26.2 Å². The van der Waals surface area contributed by atoms with E-state index in [1.807, 2.05) is 20.9 Å². The van der Waals surface area contributed by atoms with Crippen molar-refractivity contribution in [2.45, 2.75) is 13.0 Å². The Morgan fingerprint density at radius 2 is 1.44 bits per heavy atom. The number of piperazine rings is 1. The predicted octanol–water partition coefficient (Wildman–Crippen LogP) is 5.92. The molecule has 36 heavy (non-hydrogen) atoms. The maximum absolute atomic E-state index is 13.5. The maximum atomic E-state index is 13.5. The number of thiazole rings is 1. The normalized spacial score (nSPS) is 14.6. The number of aryl methyl sites for hydroxylation is 1. The van der Waals surface area contributed by atoms with E-state index in [1.54, 1.807) is 0 Å². The van der Waals surface area contributed by atoms with Crippen LogP contribution in [0.15, 0.2) is 96.5 Å². The molecule has 1 aliphatic heterocycles. The molecule has 0 atom stereocenters. The Kier molecular flexibility index (Phi) is 6.13. The summed E-state index contributed by atoms with van der Waals surface area (Å²) in [6.07, 6.45) is 1.99. The fourth-order valence-electron chi connectivity index (χ4n) is 5.03. The predicted molar refractivity (Wildman–Crippen MR) is 145 cm³/mol. The summed E-state index contributed by atoms with van der Waals surface area (Å²) in [5.41, 5.74) is 6.44. The van der Waals surface area contributed by atoms with E-state index >= 15 is 0 Å². The summed E-state index contributed by atoms with van der Waals surface area (Å²) >= 11 is 1.52. The Morgan fingerprint density at radius 1 is 0.833 bits per heavy atom. The van der Waals surface area contributed by atoms with Crippen molar-refractivity contribution in [2.24, 2.45) is 0 Å². The molecule has 180 valence electrons. The third-order valence-corrected chi connectivity index (χ3v) is 7.81. The van der Waals surface area contributed by atoms with Crippen molar-refractivity contribution < 1.29 is 4.79 Å². The molecule has 6 heteroatoms. The van der Waals surface area contributed by atoms with Gasteiger partial charge >= 0.3 is 0 Å². The number of imidazole rings is 1. The molecule has 0 radical (unpaired) electrons. The lowest BCUT2D eigenvalue weighted by Gasteiger charge is -2.39. The Balaban J connectivity index is 1.20. The van der Waals surface area contributed by atoms with Crippen molar-refractivity contribution in [3.8, 4) is 11.3 Å². The second kappa shape index (κ2) is 9.72. The van der Waals surface area contributed by atoms with E-state index in [4.69, 9.17) is 4.98 Å². The number of nitrogens with zero attached hydrogens (tertiary/aromatic N) is 4. The molecule has 0 bridgehead atoms. The first kappa shape index (κ1) is 22.7. The summed E-state index contributed by atoms with van der Waals surface area (Å²) in [5.74, 6) is 0.0738. The van der Waals surface area contributed by atoms with Crippen molar-refractivity contribution >= 4 is 22.2 Å². The van der Waals surface area contributed by atoms with Crippen LogP contribution in [0.4, 0.5) is 0 Å². The van der Waals surface area contributed by atoms with Gasteiger partial charge in [-0.15, -0.1) is 11.3 Å². The van der Waals surface area contributed by atoms with Crippen LogP contribution < -0.4 is 0 Å². The van der Waals surface area contributed by atoms with Gasteiger partial charge < -0.3 is 4.90 Å². The number of carbonyl (C=O) groups is 1. The average Bonchev–Trinajstić information content (AvgIpc) is 3.52. The zero-order valence-electron chi connectivity index (χ0n) is 20.2. The van der Waals surface area contributed by atoms with Crippen LogP contribution in [0.1, 0.15) is 33.2 Å². The molecule has 0 saturated carbocycles. The molecule has 0 N–H and O–H groups in total. The van der Waals surface area contributed by atoms with Crippen LogP contribution in [0.3, 0.4) is 0 Å². The highest BCUT2D eigenvalue weighted by atomic mass is 32.1. The molecule has 1 saturated heterocycles. The van der Waals surface area contributed by atoms with Gasteiger partial charge in [-0.1, -0.05) is 90.5 Å². The lowest BCUT2D eigenvalue weighted by molar-refractivity contribution is 0.0591. The minimum atomic E-state index is 0.0738. The molecule has 6 rings (SSSR count). The molecule has 0 unspecified atom stereocenters. The Morgan fingerprint density at radius 3 is 2.06 bits per heavy atom. The molecule has 1 amide bonds. The zero-order valence-corrected chi connectivity index (χ0v) is 21.1. The monoisotopic (exact) mass is 492 g/mol. The van der Waals surface area contributed by atoms with Gasteiger partial charge in [0, 0.05) is 43.3 Å². The zero-order chi connectivity index (χ0) is 24.5. The first-order valence-electron chi connectivity index (χ1n) is 12.3. The summed E-state index contributed by atoms with van der Waals surface area (Å²) in [5, 5.41) is 1.94. The van der Waals surface area contributed by atoms with Gasteiger partial charge in [0.05, 0.1) is 11.7 Å². The molecule has 3 heterocycles. The van der Waals surface area contributed by atoms with Crippen LogP contribution >= 0.6 is 11.3 Å². The standard InChI is InChI=1S/C30H28N4OS/c1-22-12-14-23(15-13-22)26-20-34-27(21-36-30(34)31-26)29(35)33-18-16-32(17-19-33)28(24-8-4-2-5-9-24)25-10-6-3-7-11-25/h2-15,20-21,28H,16-19H2,1H3. The van der Waals surface area contributed by atoms with Gasteiger partial charge in [-0.2, -0.15) is 0 Å². The third-order valence-electron chi connectivity index (χ3n) is 6.97. The summed E-state index contributed by atoms with van der Waals surface area (Å²) in [6, 6.07) is 29.8. The van der Waals surface area contributed by atoms with E-state index < -0.39 is 0 Å². The largest absolute Gasteiger partial charge is 0.335 e. The van der Waals surface area contributed by atoms with Crippen molar-refractivity contribution in [3.05, 3.63) is 119 Å². The number of amides is 1. The maximum Gasteiger partial charge on any atom is 0.271 e. The first-order chi connectivity index (χ1) is 17.7. The van der Waals surface area contributed by atoms with Crippen LogP contribution in [0.2, 0.25) is 0 Å². The Bertz CT molecular complexity index is 1430. The van der Waals surface area contributed by atoms with E-state index in [-0.39, 0.29) is 11.9 Å².